The van der Waals surface area contributed by atoms with Gasteiger partial charge in [-0.05, 0) is 108 Å². The highest BCUT2D eigenvalue weighted by Gasteiger charge is 2.32. The smallest absolute Gasteiger partial charge is 0.309 e. The number of halogens is 6. The van der Waals surface area contributed by atoms with E-state index < -0.39 is 23.5 Å². The lowest BCUT2D eigenvalue weighted by atomic mass is 9.96. The first-order valence-corrected chi connectivity index (χ1v) is 14.7. The molecule has 0 aliphatic rings. The minimum Gasteiger partial charge on any atom is -0.309 e. The maximum absolute atomic E-state index is 13.7. The zero-order chi connectivity index (χ0) is 33.1. The number of hydrogen-bond donors (Lipinski definition) is 0. The minimum absolute atomic E-state index is 0.410. The summed E-state index contributed by atoms with van der Waals surface area (Å²) in [7, 11) is 0. The van der Waals surface area contributed by atoms with Crippen LogP contribution < -0.4 is 0 Å². The highest BCUT2D eigenvalue weighted by molar-refractivity contribution is 6.12. The molecular weight excluding hydrogens is 612 g/mol. The molecule has 0 amide bonds. The molecule has 7 aromatic rings. The summed E-state index contributed by atoms with van der Waals surface area (Å²) in [5.74, 6) is 0. The van der Waals surface area contributed by atoms with Gasteiger partial charge in [0.05, 0.1) is 40.2 Å². The molecular formula is C38H25F6N3. The average molecular weight is 638 g/mol. The fourth-order valence-electron chi connectivity index (χ4n) is 6.23. The zero-order valence-electron chi connectivity index (χ0n) is 25.1. The number of nitrogens with zero attached hydrogens (tertiary/aromatic N) is 3. The first-order valence-electron chi connectivity index (χ1n) is 14.7. The van der Waals surface area contributed by atoms with Crippen molar-refractivity contribution in [2.45, 2.75) is 26.2 Å². The SMILES string of the molecule is Cc1cc(-c2ccc3c(c2)c2cc(-c4cc(C)cc(C(F)(F)F)c4)ccc2n3-c2ccccc2-c2ccnnc2)cc(C(F)(F)F)c1. The molecule has 0 bridgehead atoms. The van der Waals surface area contributed by atoms with Crippen LogP contribution in [0.25, 0.3) is 60.9 Å². The molecule has 0 aliphatic carbocycles. The molecule has 47 heavy (non-hydrogen) atoms. The molecule has 3 nitrogen and oxygen atoms in total. The summed E-state index contributed by atoms with van der Waals surface area (Å²) in [6.45, 7) is 3.24. The van der Waals surface area contributed by atoms with Crippen LogP contribution in [-0.4, -0.2) is 14.8 Å². The molecule has 0 aliphatic heterocycles. The van der Waals surface area contributed by atoms with Gasteiger partial charge in [0.15, 0.2) is 0 Å². The van der Waals surface area contributed by atoms with E-state index in [1.165, 1.54) is 0 Å². The molecule has 0 spiro atoms. The van der Waals surface area contributed by atoms with Crippen molar-refractivity contribution in [3.63, 3.8) is 0 Å². The van der Waals surface area contributed by atoms with Crippen LogP contribution in [0, 0.1) is 13.8 Å². The van der Waals surface area contributed by atoms with Crippen LogP contribution >= 0.6 is 0 Å². The van der Waals surface area contributed by atoms with Crippen molar-refractivity contribution in [1.29, 1.82) is 0 Å². The van der Waals surface area contributed by atoms with Crippen molar-refractivity contribution in [3.8, 4) is 39.1 Å². The molecule has 5 aromatic carbocycles. The Balaban J connectivity index is 1.52. The second-order valence-corrected chi connectivity index (χ2v) is 11.6. The number of benzene rings is 5. The molecule has 0 saturated heterocycles. The Morgan fingerprint density at radius 1 is 0.511 bits per heavy atom. The van der Waals surface area contributed by atoms with Crippen LogP contribution in [0.3, 0.4) is 0 Å². The summed E-state index contributed by atoms with van der Waals surface area (Å²) in [6, 6.07) is 28.5. The highest BCUT2D eigenvalue weighted by atomic mass is 19.4. The van der Waals surface area contributed by atoms with E-state index >= 15 is 0 Å². The molecule has 7 rings (SSSR count). The maximum Gasteiger partial charge on any atom is 0.416 e. The molecule has 9 heteroatoms. The van der Waals surface area contributed by atoms with E-state index in [1.54, 1.807) is 50.5 Å². The van der Waals surface area contributed by atoms with Gasteiger partial charge in [0.25, 0.3) is 0 Å². The Bertz CT molecular complexity index is 2180. The predicted molar refractivity (Wildman–Crippen MR) is 172 cm³/mol. The molecule has 234 valence electrons. The molecule has 2 heterocycles. The molecule has 0 saturated carbocycles. The van der Waals surface area contributed by atoms with Gasteiger partial charge in [0.1, 0.15) is 0 Å². The number of aryl methyl sites for hydroxylation is 2. The van der Waals surface area contributed by atoms with Crippen molar-refractivity contribution >= 4 is 21.8 Å². The van der Waals surface area contributed by atoms with Gasteiger partial charge in [-0.3, -0.25) is 0 Å². The average Bonchev–Trinajstić information content (AvgIpc) is 3.36. The number of rotatable bonds is 4. The van der Waals surface area contributed by atoms with Crippen molar-refractivity contribution in [3.05, 3.63) is 138 Å². The fraction of sp³-hybridized carbons (Fsp3) is 0.105. The zero-order valence-corrected chi connectivity index (χ0v) is 25.1. The second-order valence-electron chi connectivity index (χ2n) is 11.6. The Morgan fingerprint density at radius 2 is 1.04 bits per heavy atom. The third-order valence-electron chi connectivity index (χ3n) is 8.28. The molecule has 0 fully saturated rings. The van der Waals surface area contributed by atoms with E-state index in [2.05, 4.69) is 14.8 Å². The van der Waals surface area contributed by atoms with Gasteiger partial charge in [-0.2, -0.15) is 36.5 Å². The molecule has 0 radical (unpaired) electrons. The minimum atomic E-state index is -4.51. The van der Waals surface area contributed by atoms with Gasteiger partial charge in [0.2, 0.25) is 0 Å². The van der Waals surface area contributed by atoms with E-state index in [1.807, 2.05) is 54.6 Å². The van der Waals surface area contributed by atoms with E-state index in [9.17, 15) is 26.3 Å². The Hall–Kier alpha value is -5.44. The summed E-state index contributed by atoms with van der Waals surface area (Å²) in [5, 5.41) is 9.41. The van der Waals surface area contributed by atoms with Crippen LogP contribution in [0.4, 0.5) is 26.3 Å². The van der Waals surface area contributed by atoms with Gasteiger partial charge in [-0.25, -0.2) is 0 Å². The number of alkyl halides is 6. The van der Waals surface area contributed by atoms with Crippen LogP contribution in [0.15, 0.2) is 116 Å². The lowest BCUT2D eigenvalue weighted by Gasteiger charge is -2.14. The number of fused-ring (bicyclic) bond motifs is 3. The van der Waals surface area contributed by atoms with E-state index in [4.69, 9.17) is 0 Å². The van der Waals surface area contributed by atoms with Crippen molar-refractivity contribution < 1.29 is 26.3 Å². The van der Waals surface area contributed by atoms with Crippen LogP contribution in [0.1, 0.15) is 22.3 Å². The number of hydrogen-bond acceptors (Lipinski definition) is 2. The molecule has 0 N–H and O–H groups in total. The number of aromatic nitrogens is 3. The lowest BCUT2D eigenvalue weighted by molar-refractivity contribution is -0.138. The monoisotopic (exact) mass is 637 g/mol. The summed E-state index contributed by atoms with van der Waals surface area (Å²) in [6.07, 6.45) is -5.76. The predicted octanol–water partition coefficient (Wildman–Crippen LogP) is 11.2. The van der Waals surface area contributed by atoms with Crippen LogP contribution in [0.5, 0.6) is 0 Å². The van der Waals surface area contributed by atoms with Gasteiger partial charge < -0.3 is 4.57 Å². The van der Waals surface area contributed by atoms with Crippen LogP contribution in [0.2, 0.25) is 0 Å². The maximum atomic E-state index is 13.7. The van der Waals surface area contributed by atoms with Crippen molar-refractivity contribution in [1.82, 2.24) is 14.8 Å². The van der Waals surface area contributed by atoms with Gasteiger partial charge in [-0.15, -0.1) is 0 Å². The Kier molecular flexibility index (Phi) is 7.15. The topological polar surface area (TPSA) is 30.7 Å². The third kappa shape index (κ3) is 5.62. The molecule has 0 unspecified atom stereocenters. The van der Waals surface area contributed by atoms with Crippen LogP contribution in [-0.2, 0) is 12.4 Å². The quantitative estimate of drug-likeness (QED) is 0.180. The van der Waals surface area contributed by atoms with Crippen molar-refractivity contribution in [2.75, 3.05) is 0 Å². The Morgan fingerprint density at radius 3 is 1.53 bits per heavy atom. The van der Waals surface area contributed by atoms with Gasteiger partial charge >= 0.3 is 12.4 Å². The Labute approximate surface area is 265 Å². The second kappa shape index (κ2) is 11.1. The standard InChI is InChI=1S/C38H25F6N3/c1-22-13-27(17-29(15-22)37(39,40)41)24-7-9-35-32(19-24)33-20-25(28-14-23(2)16-30(18-28)38(42,43)44)8-10-36(33)47(35)34-6-4-3-5-31(34)26-11-12-45-46-21-26/h3-21H,1-2H3. The highest BCUT2D eigenvalue weighted by Crippen LogP contribution is 2.41. The largest absolute Gasteiger partial charge is 0.416 e. The fourth-order valence-corrected chi connectivity index (χ4v) is 6.23. The van der Waals surface area contributed by atoms with E-state index in [0.717, 1.165) is 62.9 Å². The normalized spacial score (nSPS) is 12.3. The van der Waals surface area contributed by atoms with Gasteiger partial charge in [0, 0.05) is 21.9 Å². The molecule has 0 atom stereocenters. The van der Waals surface area contributed by atoms with E-state index in [-0.39, 0.29) is 0 Å². The summed E-state index contributed by atoms with van der Waals surface area (Å²) >= 11 is 0. The van der Waals surface area contributed by atoms with E-state index in [0.29, 0.717) is 33.4 Å². The summed E-state index contributed by atoms with van der Waals surface area (Å²) < 4.78 is 84.5. The third-order valence-corrected chi connectivity index (χ3v) is 8.28. The first-order chi connectivity index (χ1) is 22.4. The molecule has 2 aromatic heterocycles. The number of para-hydroxylation sites is 1. The first kappa shape index (κ1) is 30.2. The summed E-state index contributed by atoms with van der Waals surface area (Å²) in [4.78, 5) is 0. The summed E-state index contributed by atoms with van der Waals surface area (Å²) in [5.41, 5.74) is 5.53. The van der Waals surface area contributed by atoms with Crippen molar-refractivity contribution in [2.24, 2.45) is 0 Å². The van der Waals surface area contributed by atoms with Gasteiger partial charge in [-0.1, -0.05) is 42.5 Å². The lowest BCUT2D eigenvalue weighted by Crippen LogP contribution is -2.05.